The molecule has 186 valence electrons. The van der Waals surface area contributed by atoms with Crippen LogP contribution in [0.3, 0.4) is 0 Å². The Kier molecular flexibility index (Phi) is 6.31. The van der Waals surface area contributed by atoms with Crippen LogP contribution < -0.4 is 14.9 Å². The van der Waals surface area contributed by atoms with Crippen LogP contribution in [0.4, 0.5) is 11.4 Å². The number of rotatable bonds is 7. The smallest absolute Gasteiger partial charge is 0.229 e. The number of aromatic nitrogens is 2. The minimum atomic E-state index is -3.37. The molecule has 2 atom stereocenters. The minimum Gasteiger partial charge on any atom is -0.467 e. The summed E-state index contributed by atoms with van der Waals surface area (Å²) in [6.45, 7) is 4.83. The number of aryl methyl sites for hydroxylation is 1. The highest BCUT2D eigenvalue weighted by molar-refractivity contribution is 7.92. The van der Waals surface area contributed by atoms with Gasteiger partial charge in [-0.05, 0) is 86.2 Å². The number of furan rings is 1. The van der Waals surface area contributed by atoms with Gasteiger partial charge in [0, 0.05) is 29.0 Å². The molecule has 4 heterocycles. The molecule has 2 N–H and O–H groups in total. The van der Waals surface area contributed by atoms with E-state index >= 15 is 0 Å². The van der Waals surface area contributed by atoms with E-state index < -0.39 is 10.0 Å². The van der Waals surface area contributed by atoms with Crippen molar-refractivity contribution in [3.8, 4) is 0 Å². The number of hydrogen-bond acceptors (Lipinski definition) is 5. The largest absolute Gasteiger partial charge is 0.467 e. The lowest BCUT2D eigenvalue weighted by molar-refractivity contribution is 0.488. The van der Waals surface area contributed by atoms with Gasteiger partial charge in [-0.25, -0.2) is 8.42 Å². The molecular formula is C26H27N5O3S2. The highest BCUT2D eigenvalue weighted by atomic mass is 32.2. The van der Waals surface area contributed by atoms with Gasteiger partial charge in [0.2, 0.25) is 10.0 Å². The molecule has 0 amide bonds. The number of anilines is 2. The Labute approximate surface area is 216 Å². The number of pyridine rings is 1. The van der Waals surface area contributed by atoms with E-state index in [2.05, 4.69) is 44.4 Å². The van der Waals surface area contributed by atoms with Crippen molar-refractivity contribution in [3.05, 3.63) is 102 Å². The molecule has 0 bridgehead atoms. The number of benzene rings is 1. The second-order valence-electron chi connectivity index (χ2n) is 8.91. The van der Waals surface area contributed by atoms with Gasteiger partial charge in [-0.3, -0.25) is 9.71 Å². The maximum Gasteiger partial charge on any atom is 0.229 e. The van der Waals surface area contributed by atoms with E-state index in [1.165, 1.54) is 0 Å². The third-order valence-electron chi connectivity index (χ3n) is 6.37. The molecule has 1 fully saturated rings. The van der Waals surface area contributed by atoms with Crippen LogP contribution in [0.25, 0.3) is 0 Å². The van der Waals surface area contributed by atoms with E-state index in [-0.39, 0.29) is 12.1 Å². The number of nitrogens with zero attached hydrogens (tertiary/aromatic N) is 3. The lowest BCUT2D eigenvalue weighted by atomic mass is 9.96. The Hall–Kier alpha value is -3.63. The fraction of sp³-hybridized carbons (Fsp3) is 0.231. The highest BCUT2D eigenvalue weighted by Gasteiger charge is 2.42. The van der Waals surface area contributed by atoms with Crippen molar-refractivity contribution in [2.45, 2.75) is 32.5 Å². The van der Waals surface area contributed by atoms with E-state index in [1.54, 1.807) is 24.6 Å². The Bertz CT molecular complexity index is 1480. The van der Waals surface area contributed by atoms with Gasteiger partial charge in [-0.15, -0.1) is 0 Å². The molecule has 1 aliphatic heterocycles. The van der Waals surface area contributed by atoms with Gasteiger partial charge in [-0.1, -0.05) is 6.07 Å². The van der Waals surface area contributed by atoms with Crippen molar-refractivity contribution in [1.82, 2.24) is 14.9 Å². The fourth-order valence-corrected chi connectivity index (χ4v) is 5.69. The number of hydrogen-bond donors (Lipinski definition) is 2. The molecule has 4 aromatic rings. The van der Waals surface area contributed by atoms with Crippen LogP contribution in [0, 0.1) is 13.8 Å². The average molecular weight is 522 g/mol. The van der Waals surface area contributed by atoms with Crippen LogP contribution in [-0.2, 0) is 16.6 Å². The molecule has 0 aliphatic carbocycles. The minimum absolute atomic E-state index is 0.169. The van der Waals surface area contributed by atoms with Crippen molar-refractivity contribution >= 4 is 38.7 Å². The summed E-state index contributed by atoms with van der Waals surface area (Å²) in [6, 6.07) is 18.8. The zero-order valence-electron chi connectivity index (χ0n) is 20.2. The van der Waals surface area contributed by atoms with Crippen molar-refractivity contribution in [3.63, 3.8) is 0 Å². The number of sulfonamides is 1. The van der Waals surface area contributed by atoms with Crippen molar-refractivity contribution < 1.29 is 12.8 Å². The molecule has 5 rings (SSSR count). The number of thiocarbonyl (C=S) groups is 1. The van der Waals surface area contributed by atoms with Crippen LogP contribution in [0.2, 0.25) is 0 Å². The normalized spacial score (nSPS) is 17.9. The zero-order chi connectivity index (χ0) is 25.4. The molecule has 0 spiro atoms. The monoisotopic (exact) mass is 521 g/mol. The summed E-state index contributed by atoms with van der Waals surface area (Å²) in [7, 11) is -3.37. The van der Waals surface area contributed by atoms with Gasteiger partial charge in [-0.2, -0.15) is 0 Å². The predicted octanol–water partition coefficient (Wildman–Crippen LogP) is 4.69. The molecule has 1 saturated heterocycles. The van der Waals surface area contributed by atoms with Crippen LogP contribution in [0.15, 0.2) is 77.5 Å². The summed E-state index contributed by atoms with van der Waals surface area (Å²) in [4.78, 5) is 6.71. The van der Waals surface area contributed by atoms with Crippen LogP contribution in [0.5, 0.6) is 0 Å². The Morgan fingerprint density at radius 1 is 1.11 bits per heavy atom. The van der Waals surface area contributed by atoms with E-state index in [0.29, 0.717) is 17.3 Å². The molecule has 0 saturated carbocycles. The van der Waals surface area contributed by atoms with Crippen molar-refractivity contribution in [2.24, 2.45) is 0 Å². The van der Waals surface area contributed by atoms with Crippen molar-refractivity contribution in [1.29, 1.82) is 0 Å². The fourth-order valence-electron chi connectivity index (χ4n) is 4.78. The summed E-state index contributed by atoms with van der Waals surface area (Å²) >= 11 is 5.83. The first-order valence-electron chi connectivity index (χ1n) is 11.5. The van der Waals surface area contributed by atoms with E-state index in [4.69, 9.17) is 16.6 Å². The lowest BCUT2D eigenvalue weighted by Crippen LogP contribution is -2.29. The molecular weight excluding hydrogens is 494 g/mol. The third-order valence-corrected chi connectivity index (χ3v) is 7.29. The molecule has 36 heavy (non-hydrogen) atoms. The summed E-state index contributed by atoms with van der Waals surface area (Å²) in [6.07, 6.45) is 4.60. The topological polar surface area (TPSA) is 92.4 Å². The maximum absolute atomic E-state index is 11.6. The summed E-state index contributed by atoms with van der Waals surface area (Å²) in [5.74, 6) is 0.885. The summed E-state index contributed by atoms with van der Waals surface area (Å²) in [5.41, 5.74) is 5.59. The Morgan fingerprint density at radius 3 is 2.53 bits per heavy atom. The molecule has 3 aromatic heterocycles. The second-order valence-corrected chi connectivity index (χ2v) is 11.0. The van der Waals surface area contributed by atoms with E-state index in [0.717, 1.165) is 40.3 Å². The zero-order valence-corrected chi connectivity index (χ0v) is 21.8. The quantitative estimate of drug-likeness (QED) is 0.341. The third kappa shape index (κ3) is 4.74. The van der Waals surface area contributed by atoms with Gasteiger partial charge >= 0.3 is 0 Å². The second kappa shape index (κ2) is 9.44. The van der Waals surface area contributed by atoms with Crippen LogP contribution >= 0.6 is 12.2 Å². The SMILES string of the molecule is Cc1cc([C@@H]2[C@H](c3ccccn3)NC(=S)N2c2ccc(NS(C)(=O)=O)cc2)c(C)n1Cc1ccco1. The molecule has 1 aliphatic rings. The average Bonchev–Trinajstić information content (AvgIpc) is 3.54. The van der Waals surface area contributed by atoms with Gasteiger partial charge < -0.3 is 19.2 Å². The number of nitrogens with one attached hydrogen (secondary N) is 2. The first-order chi connectivity index (χ1) is 17.2. The van der Waals surface area contributed by atoms with E-state index in [1.807, 2.05) is 42.5 Å². The summed E-state index contributed by atoms with van der Waals surface area (Å²) in [5, 5.41) is 4.06. The maximum atomic E-state index is 11.6. The standard InChI is InChI=1S/C26H27N5O3S2/c1-17-15-22(18(2)30(17)16-21-7-6-14-34-21)25-24(23-8-4-5-13-27-23)28-26(35)31(25)20-11-9-19(10-12-20)29-36(3,32)33/h4-15,24-25,29H,16H2,1-3H3,(H,28,35)/t24-,25+/m0/s1. The molecule has 0 unspecified atom stereocenters. The van der Waals surface area contributed by atoms with Crippen molar-refractivity contribution in [2.75, 3.05) is 15.9 Å². The van der Waals surface area contributed by atoms with Crippen LogP contribution in [-0.4, -0.2) is 29.3 Å². The Morgan fingerprint density at radius 2 is 1.89 bits per heavy atom. The van der Waals surface area contributed by atoms with E-state index in [9.17, 15) is 8.42 Å². The first-order valence-corrected chi connectivity index (χ1v) is 13.8. The van der Waals surface area contributed by atoms with Gasteiger partial charge in [0.15, 0.2) is 5.11 Å². The lowest BCUT2D eigenvalue weighted by Gasteiger charge is -2.28. The van der Waals surface area contributed by atoms with Gasteiger partial charge in [0.1, 0.15) is 5.76 Å². The molecule has 10 heteroatoms. The van der Waals surface area contributed by atoms with Crippen LogP contribution in [0.1, 0.15) is 40.5 Å². The molecule has 8 nitrogen and oxygen atoms in total. The predicted molar refractivity (Wildman–Crippen MR) is 145 cm³/mol. The summed E-state index contributed by atoms with van der Waals surface area (Å²) < 4.78 is 33.6. The highest BCUT2D eigenvalue weighted by Crippen LogP contribution is 2.43. The van der Waals surface area contributed by atoms with Gasteiger partial charge in [0.25, 0.3) is 0 Å². The Balaban J connectivity index is 1.58. The van der Waals surface area contributed by atoms with Gasteiger partial charge in [0.05, 0.1) is 36.8 Å². The molecule has 1 aromatic carbocycles. The first kappa shape index (κ1) is 24.1. The molecule has 0 radical (unpaired) electrons.